The van der Waals surface area contributed by atoms with Gasteiger partial charge >= 0.3 is 0 Å². The van der Waals surface area contributed by atoms with Crippen LogP contribution in [-0.2, 0) is 4.74 Å². The van der Waals surface area contributed by atoms with Crippen molar-refractivity contribution in [2.24, 2.45) is 0 Å². The molecule has 0 bridgehead atoms. The quantitative estimate of drug-likeness (QED) is 0.781. The number of hydrogen-bond donors (Lipinski definition) is 1. The molecule has 1 aromatic heterocycles. The van der Waals surface area contributed by atoms with Gasteiger partial charge in [0.25, 0.3) is 0 Å². The highest BCUT2D eigenvalue weighted by molar-refractivity contribution is 5.40. The Balaban J connectivity index is 2.16. The minimum Gasteiger partial charge on any atom is -0.394 e. The van der Waals surface area contributed by atoms with Gasteiger partial charge in [-0.25, -0.2) is 9.97 Å². The molecule has 2 heterocycles. The van der Waals surface area contributed by atoms with Crippen molar-refractivity contribution in [1.82, 2.24) is 9.97 Å². The number of nitrogens with zero attached hydrogens (tertiary/aromatic N) is 3. The zero-order valence-electron chi connectivity index (χ0n) is 9.68. The van der Waals surface area contributed by atoms with Gasteiger partial charge in [-0.15, -0.1) is 0 Å². The molecule has 1 saturated heterocycles. The van der Waals surface area contributed by atoms with Crippen LogP contribution in [0.1, 0.15) is 11.5 Å². The number of aliphatic hydroxyl groups is 1. The van der Waals surface area contributed by atoms with Crippen LogP contribution in [0.5, 0.6) is 0 Å². The van der Waals surface area contributed by atoms with Crippen molar-refractivity contribution in [3.63, 3.8) is 0 Å². The highest BCUT2D eigenvalue weighted by Crippen LogP contribution is 2.16. The van der Waals surface area contributed by atoms with E-state index in [9.17, 15) is 0 Å². The van der Waals surface area contributed by atoms with Crippen molar-refractivity contribution < 1.29 is 9.84 Å². The van der Waals surface area contributed by atoms with Crippen LogP contribution in [0, 0.1) is 13.8 Å². The van der Waals surface area contributed by atoms with Crippen molar-refractivity contribution in [1.29, 1.82) is 0 Å². The van der Waals surface area contributed by atoms with Crippen LogP contribution in [0.2, 0.25) is 0 Å². The fourth-order valence-corrected chi connectivity index (χ4v) is 1.90. The molecule has 0 aromatic carbocycles. The van der Waals surface area contributed by atoms with E-state index in [2.05, 4.69) is 14.9 Å². The minimum absolute atomic E-state index is 0.0551. The van der Waals surface area contributed by atoms with E-state index in [1.54, 1.807) is 0 Å². The number of aliphatic hydroxyl groups excluding tert-OH is 1. The summed E-state index contributed by atoms with van der Waals surface area (Å²) < 4.78 is 5.40. The zero-order chi connectivity index (χ0) is 11.5. The number of ether oxygens (including phenoxy) is 1. The second kappa shape index (κ2) is 4.76. The lowest BCUT2D eigenvalue weighted by molar-refractivity contribution is 0.00334. The van der Waals surface area contributed by atoms with Gasteiger partial charge < -0.3 is 14.7 Å². The lowest BCUT2D eigenvalue weighted by Crippen LogP contribution is -2.44. The summed E-state index contributed by atoms with van der Waals surface area (Å²) in [4.78, 5) is 10.8. The van der Waals surface area contributed by atoms with Crippen LogP contribution in [-0.4, -0.2) is 47.5 Å². The lowest BCUT2D eigenvalue weighted by Gasteiger charge is -2.33. The second-order valence-electron chi connectivity index (χ2n) is 4.04. The van der Waals surface area contributed by atoms with E-state index in [4.69, 9.17) is 9.84 Å². The Morgan fingerprint density at radius 1 is 1.50 bits per heavy atom. The summed E-state index contributed by atoms with van der Waals surface area (Å²) in [6.07, 6.45) is -0.107. The third-order valence-electron chi connectivity index (χ3n) is 2.62. The van der Waals surface area contributed by atoms with E-state index in [1.807, 2.05) is 19.9 Å². The summed E-state index contributed by atoms with van der Waals surface area (Å²) in [6, 6.07) is 1.97. The molecule has 1 atom stereocenters. The number of hydrogen-bond acceptors (Lipinski definition) is 5. The van der Waals surface area contributed by atoms with Crippen LogP contribution in [0.3, 0.4) is 0 Å². The van der Waals surface area contributed by atoms with Crippen LogP contribution in [0.4, 0.5) is 5.82 Å². The Kier molecular flexibility index (Phi) is 3.36. The van der Waals surface area contributed by atoms with E-state index in [1.165, 1.54) is 0 Å². The first-order valence-electron chi connectivity index (χ1n) is 5.48. The zero-order valence-corrected chi connectivity index (χ0v) is 9.68. The summed E-state index contributed by atoms with van der Waals surface area (Å²) >= 11 is 0. The maximum absolute atomic E-state index is 9.08. The van der Waals surface area contributed by atoms with Crippen molar-refractivity contribution in [3.8, 4) is 0 Å². The second-order valence-corrected chi connectivity index (χ2v) is 4.04. The summed E-state index contributed by atoms with van der Waals surface area (Å²) in [5.74, 6) is 1.70. The number of anilines is 1. The summed E-state index contributed by atoms with van der Waals surface area (Å²) in [6.45, 7) is 6.04. The SMILES string of the molecule is Cc1cc(N2CCO[C@H](CO)C2)nc(C)n1. The number of morpholine rings is 1. The van der Waals surface area contributed by atoms with Crippen LogP contribution in [0.15, 0.2) is 6.07 Å². The van der Waals surface area contributed by atoms with E-state index in [0.29, 0.717) is 13.2 Å². The highest BCUT2D eigenvalue weighted by Gasteiger charge is 2.21. The minimum atomic E-state index is -0.107. The van der Waals surface area contributed by atoms with E-state index in [0.717, 1.165) is 23.9 Å². The molecule has 0 spiro atoms. The lowest BCUT2D eigenvalue weighted by atomic mass is 10.2. The molecule has 5 nitrogen and oxygen atoms in total. The van der Waals surface area contributed by atoms with E-state index in [-0.39, 0.29) is 12.7 Å². The van der Waals surface area contributed by atoms with Crippen LogP contribution >= 0.6 is 0 Å². The van der Waals surface area contributed by atoms with Crippen molar-refractivity contribution in [2.75, 3.05) is 31.2 Å². The molecule has 1 aromatic rings. The number of aryl methyl sites for hydroxylation is 2. The molecule has 0 aliphatic carbocycles. The van der Waals surface area contributed by atoms with E-state index < -0.39 is 0 Å². The molecule has 1 N–H and O–H groups in total. The van der Waals surface area contributed by atoms with Gasteiger partial charge in [-0.3, -0.25) is 0 Å². The maximum Gasteiger partial charge on any atom is 0.132 e. The van der Waals surface area contributed by atoms with Gasteiger partial charge in [-0.1, -0.05) is 0 Å². The summed E-state index contributed by atoms with van der Waals surface area (Å²) in [5, 5.41) is 9.08. The Labute approximate surface area is 95.1 Å². The monoisotopic (exact) mass is 223 g/mol. The summed E-state index contributed by atoms with van der Waals surface area (Å²) in [7, 11) is 0. The molecule has 88 valence electrons. The molecule has 0 unspecified atom stereocenters. The molecule has 0 radical (unpaired) electrons. The third-order valence-corrected chi connectivity index (χ3v) is 2.62. The normalized spacial score (nSPS) is 21.2. The van der Waals surface area contributed by atoms with Crippen LogP contribution in [0.25, 0.3) is 0 Å². The molecule has 2 rings (SSSR count). The first-order valence-corrected chi connectivity index (χ1v) is 5.48. The Hall–Kier alpha value is -1.20. The first kappa shape index (κ1) is 11.3. The third kappa shape index (κ3) is 2.48. The number of aromatic nitrogens is 2. The molecule has 1 aliphatic rings. The molecular formula is C11H17N3O2. The van der Waals surface area contributed by atoms with Gasteiger partial charge in [-0.05, 0) is 13.8 Å². The van der Waals surface area contributed by atoms with Gasteiger partial charge in [-0.2, -0.15) is 0 Å². The molecule has 1 aliphatic heterocycles. The Bertz CT molecular complexity index is 350. The summed E-state index contributed by atoms with van der Waals surface area (Å²) in [5.41, 5.74) is 0.967. The van der Waals surface area contributed by atoms with Crippen molar-refractivity contribution >= 4 is 5.82 Å². The predicted molar refractivity (Wildman–Crippen MR) is 60.5 cm³/mol. The Morgan fingerprint density at radius 2 is 2.31 bits per heavy atom. The van der Waals surface area contributed by atoms with Crippen molar-refractivity contribution in [3.05, 3.63) is 17.6 Å². The topological polar surface area (TPSA) is 58.5 Å². The van der Waals surface area contributed by atoms with Crippen LogP contribution < -0.4 is 4.90 Å². The van der Waals surface area contributed by atoms with Gasteiger partial charge in [0.15, 0.2) is 0 Å². The average Bonchev–Trinajstić information content (AvgIpc) is 2.28. The molecule has 16 heavy (non-hydrogen) atoms. The smallest absolute Gasteiger partial charge is 0.132 e. The molecule has 0 amide bonds. The van der Waals surface area contributed by atoms with Gasteiger partial charge in [0.1, 0.15) is 11.6 Å². The van der Waals surface area contributed by atoms with Gasteiger partial charge in [0, 0.05) is 24.8 Å². The predicted octanol–water partition coefficient (Wildman–Crippen LogP) is 0.291. The number of rotatable bonds is 2. The standard InChI is InChI=1S/C11H17N3O2/c1-8-5-11(13-9(2)12-8)14-3-4-16-10(6-14)7-15/h5,10,15H,3-4,6-7H2,1-2H3/t10-/m0/s1. The molecule has 5 heteroatoms. The van der Waals surface area contributed by atoms with Gasteiger partial charge in [0.2, 0.25) is 0 Å². The fourth-order valence-electron chi connectivity index (χ4n) is 1.90. The molecule has 1 fully saturated rings. The molecular weight excluding hydrogens is 206 g/mol. The van der Waals surface area contributed by atoms with E-state index >= 15 is 0 Å². The van der Waals surface area contributed by atoms with Crippen molar-refractivity contribution in [2.45, 2.75) is 20.0 Å². The largest absolute Gasteiger partial charge is 0.394 e. The van der Waals surface area contributed by atoms with Gasteiger partial charge in [0.05, 0.1) is 19.3 Å². The average molecular weight is 223 g/mol. The first-order chi connectivity index (χ1) is 7.69. The maximum atomic E-state index is 9.08. The Morgan fingerprint density at radius 3 is 3.00 bits per heavy atom. The highest BCUT2D eigenvalue weighted by atomic mass is 16.5. The molecule has 0 saturated carbocycles. The fraction of sp³-hybridized carbons (Fsp3) is 0.636.